The molecule has 3 amide bonds. The molecule has 0 spiro atoms. The van der Waals surface area contributed by atoms with E-state index in [1.54, 1.807) is 0 Å². The van der Waals surface area contributed by atoms with E-state index < -0.39 is 0 Å². The summed E-state index contributed by atoms with van der Waals surface area (Å²) in [6.07, 6.45) is 2.20. The van der Waals surface area contributed by atoms with E-state index in [9.17, 15) is 14.4 Å². The number of hydrogen-bond acceptors (Lipinski definition) is 6. The van der Waals surface area contributed by atoms with Crippen LogP contribution in [0.5, 0.6) is 0 Å². The quantitative estimate of drug-likeness (QED) is 0.421. The van der Waals surface area contributed by atoms with Gasteiger partial charge >= 0.3 is 0 Å². The molecule has 8 nitrogen and oxygen atoms in total. The minimum Gasteiger partial charge on any atom is -0.333 e. The maximum absolute atomic E-state index is 13.4. The van der Waals surface area contributed by atoms with E-state index in [-0.39, 0.29) is 17.7 Å². The molecule has 3 saturated heterocycles. The molecule has 4 aliphatic rings. The van der Waals surface area contributed by atoms with Gasteiger partial charge in [0.05, 0.1) is 6.54 Å². The van der Waals surface area contributed by atoms with Gasteiger partial charge in [-0.05, 0) is 35.9 Å². The molecule has 4 aliphatic heterocycles. The largest absolute Gasteiger partial charge is 0.333 e. The van der Waals surface area contributed by atoms with E-state index >= 15 is 0 Å². The Morgan fingerprint density at radius 3 is 1.93 bits per heavy atom. The highest BCUT2D eigenvalue weighted by molar-refractivity contribution is 6.25. The second-order valence-corrected chi connectivity index (χ2v) is 12.0. The van der Waals surface area contributed by atoms with Gasteiger partial charge in [0, 0.05) is 87.5 Å². The Hall–Kier alpha value is -3.59. The average Bonchev–Trinajstić information content (AvgIpc) is 3.27. The molecule has 4 heterocycles. The number of piperazine rings is 2. The minimum absolute atomic E-state index is 0.206. The molecule has 3 fully saturated rings. The predicted molar refractivity (Wildman–Crippen MR) is 158 cm³/mol. The van der Waals surface area contributed by atoms with Crippen molar-refractivity contribution in [2.24, 2.45) is 0 Å². The lowest BCUT2D eigenvalue weighted by atomic mass is 9.94. The summed E-state index contributed by atoms with van der Waals surface area (Å²) >= 11 is 0. The van der Waals surface area contributed by atoms with Crippen molar-refractivity contribution < 1.29 is 14.4 Å². The van der Waals surface area contributed by atoms with Crippen molar-refractivity contribution in [3.8, 4) is 0 Å². The van der Waals surface area contributed by atoms with Crippen LogP contribution in [-0.2, 0) is 11.3 Å². The fourth-order valence-electron chi connectivity index (χ4n) is 7.34. The third kappa shape index (κ3) is 5.05. The number of hydrogen-bond donors (Lipinski definition) is 0. The number of benzene rings is 3. The van der Waals surface area contributed by atoms with Gasteiger partial charge < -0.3 is 4.90 Å². The van der Waals surface area contributed by atoms with Crippen LogP contribution in [0.4, 0.5) is 0 Å². The van der Waals surface area contributed by atoms with Crippen molar-refractivity contribution in [2.75, 3.05) is 58.9 Å². The monoisotopic (exact) mass is 551 g/mol. The summed E-state index contributed by atoms with van der Waals surface area (Å²) in [7, 11) is 0. The van der Waals surface area contributed by atoms with Gasteiger partial charge in [-0.3, -0.25) is 34.0 Å². The number of fused-ring (bicyclic) bond motifs is 2. The van der Waals surface area contributed by atoms with Crippen molar-refractivity contribution in [3.05, 3.63) is 83.4 Å². The third-order valence-electron chi connectivity index (χ3n) is 9.41. The molecule has 2 unspecified atom stereocenters. The predicted octanol–water partition coefficient (Wildman–Crippen LogP) is 2.93. The van der Waals surface area contributed by atoms with Crippen molar-refractivity contribution in [1.82, 2.24) is 24.5 Å². The van der Waals surface area contributed by atoms with E-state index in [0.29, 0.717) is 42.8 Å². The first-order valence-corrected chi connectivity index (χ1v) is 15.0. The van der Waals surface area contributed by atoms with Gasteiger partial charge in [0.15, 0.2) is 0 Å². The average molecular weight is 552 g/mol. The number of carbonyl (C=O) groups is 3. The third-order valence-corrected chi connectivity index (χ3v) is 9.41. The van der Waals surface area contributed by atoms with Crippen molar-refractivity contribution in [3.63, 3.8) is 0 Å². The molecule has 3 aromatic carbocycles. The van der Waals surface area contributed by atoms with E-state index in [4.69, 9.17) is 0 Å². The first-order chi connectivity index (χ1) is 20.0. The molecule has 0 N–H and O–H groups in total. The zero-order chi connectivity index (χ0) is 27.9. The number of carbonyl (C=O) groups excluding carboxylic acids is 3. The van der Waals surface area contributed by atoms with E-state index in [0.717, 1.165) is 69.4 Å². The fraction of sp³-hybridized carbons (Fsp3) is 0.424. The SMILES string of the molecule is O=C1c2cccc3cccc(c23)C(=O)N1CCN1CCN(CC(=O)N2C3CCC2CN(Cc2ccccc2)C3)CC1. The molecule has 0 saturated carbocycles. The maximum atomic E-state index is 13.4. The van der Waals surface area contributed by atoms with Crippen LogP contribution in [0.2, 0.25) is 0 Å². The van der Waals surface area contributed by atoms with Gasteiger partial charge in [-0.2, -0.15) is 0 Å². The normalized spacial score (nSPS) is 23.5. The second-order valence-electron chi connectivity index (χ2n) is 12.0. The number of rotatable bonds is 7. The lowest BCUT2D eigenvalue weighted by Crippen LogP contribution is -2.58. The van der Waals surface area contributed by atoms with Gasteiger partial charge in [0.25, 0.3) is 11.8 Å². The number of nitrogens with zero attached hydrogens (tertiary/aromatic N) is 5. The van der Waals surface area contributed by atoms with Gasteiger partial charge in [-0.15, -0.1) is 0 Å². The molecule has 0 aromatic heterocycles. The summed E-state index contributed by atoms with van der Waals surface area (Å²) in [5.41, 5.74) is 2.55. The molecule has 3 aromatic rings. The molecule has 8 heteroatoms. The van der Waals surface area contributed by atoms with Gasteiger partial charge in [0.1, 0.15) is 0 Å². The molecule has 7 rings (SSSR count). The minimum atomic E-state index is -0.206. The molecular formula is C33H37N5O3. The van der Waals surface area contributed by atoms with Gasteiger partial charge in [0.2, 0.25) is 5.91 Å². The summed E-state index contributed by atoms with van der Waals surface area (Å²) in [5.74, 6) is -0.147. The molecule has 41 heavy (non-hydrogen) atoms. The van der Waals surface area contributed by atoms with Crippen molar-refractivity contribution >= 4 is 28.5 Å². The van der Waals surface area contributed by atoms with E-state index in [1.165, 1.54) is 10.5 Å². The number of imide groups is 1. The summed E-state index contributed by atoms with van der Waals surface area (Å²) in [5, 5.41) is 1.69. The zero-order valence-electron chi connectivity index (χ0n) is 23.5. The first kappa shape index (κ1) is 26.3. The molecule has 212 valence electrons. The molecular weight excluding hydrogens is 514 g/mol. The molecule has 0 aliphatic carbocycles. The van der Waals surface area contributed by atoms with Crippen LogP contribution in [0, 0.1) is 0 Å². The standard InChI is InChI=1S/C33H37N5O3/c39-30(38-26-12-13-27(38)22-36(21-26)20-24-6-2-1-3-7-24)23-35-16-14-34(15-17-35)18-19-37-32(40)28-10-4-8-25-9-5-11-29(31(25)28)33(37)41/h1-11,26-27H,12-23H2. The topological polar surface area (TPSA) is 67.4 Å². The summed E-state index contributed by atoms with van der Waals surface area (Å²) in [6.45, 7) is 7.65. The van der Waals surface area contributed by atoms with Crippen LogP contribution in [0.1, 0.15) is 39.1 Å². The van der Waals surface area contributed by atoms with Crippen LogP contribution < -0.4 is 0 Å². The highest BCUT2D eigenvalue weighted by Crippen LogP contribution is 2.32. The first-order valence-electron chi connectivity index (χ1n) is 15.0. The highest BCUT2D eigenvalue weighted by Gasteiger charge is 2.42. The second kappa shape index (κ2) is 11.0. The summed E-state index contributed by atoms with van der Waals surface area (Å²) in [6, 6.07) is 22.5. The fourth-order valence-corrected chi connectivity index (χ4v) is 7.34. The number of amides is 3. The highest BCUT2D eigenvalue weighted by atomic mass is 16.2. The lowest BCUT2D eigenvalue weighted by molar-refractivity contribution is -0.138. The smallest absolute Gasteiger partial charge is 0.261 e. The Labute approximate surface area is 241 Å². The Bertz CT molecular complexity index is 1400. The Morgan fingerprint density at radius 1 is 0.683 bits per heavy atom. The summed E-state index contributed by atoms with van der Waals surface area (Å²) < 4.78 is 0. The Morgan fingerprint density at radius 2 is 1.29 bits per heavy atom. The molecule has 0 radical (unpaired) electrons. The number of likely N-dealkylation sites (tertiary alicyclic amines) is 1. The maximum Gasteiger partial charge on any atom is 0.261 e. The van der Waals surface area contributed by atoms with Crippen LogP contribution >= 0.6 is 0 Å². The van der Waals surface area contributed by atoms with Gasteiger partial charge in [-0.1, -0.05) is 54.6 Å². The van der Waals surface area contributed by atoms with Gasteiger partial charge in [-0.25, -0.2) is 0 Å². The molecule has 2 atom stereocenters. The van der Waals surface area contributed by atoms with Crippen molar-refractivity contribution in [2.45, 2.75) is 31.5 Å². The Balaban J connectivity index is 0.897. The van der Waals surface area contributed by atoms with Crippen LogP contribution in [0.25, 0.3) is 10.8 Å². The van der Waals surface area contributed by atoms with Crippen LogP contribution in [0.3, 0.4) is 0 Å². The van der Waals surface area contributed by atoms with Crippen LogP contribution in [-0.4, -0.2) is 113 Å². The summed E-state index contributed by atoms with van der Waals surface area (Å²) in [4.78, 5) is 50.5. The van der Waals surface area contributed by atoms with Crippen LogP contribution in [0.15, 0.2) is 66.7 Å². The van der Waals surface area contributed by atoms with Crippen molar-refractivity contribution in [1.29, 1.82) is 0 Å². The Kier molecular flexibility index (Phi) is 7.06. The molecule has 2 bridgehead atoms. The van der Waals surface area contributed by atoms with E-state index in [1.807, 2.05) is 36.4 Å². The zero-order valence-corrected chi connectivity index (χ0v) is 23.5. The lowest BCUT2D eigenvalue weighted by Gasteiger charge is -2.42. The van der Waals surface area contributed by atoms with E-state index in [2.05, 4.69) is 49.9 Å².